The van der Waals surface area contributed by atoms with Crippen LogP contribution in [0.5, 0.6) is 0 Å². The van der Waals surface area contributed by atoms with Crippen molar-refractivity contribution in [2.24, 2.45) is 0 Å². The molecule has 0 aliphatic rings. The van der Waals surface area contributed by atoms with Gasteiger partial charge in [-0.25, -0.2) is 4.68 Å². The molecule has 5 heteroatoms. The lowest BCUT2D eigenvalue weighted by Crippen LogP contribution is -1.98. The van der Waals surface area contributed by atoms with E-state index in [1.54, 1.807) is 17.1 Å². The molecule has 1 aromatic carbocycles. The third-order valence-electron chi connectivity index (χ3n) is 2.26. The lowest BCUT2D eigenvalue weighted by molar-refractivity contribution is 0.936. The van der Waals surface area contributed by atoms with Crippen LogP contribution in [0, 0.1) is 0 Å². The number of rotatable bonds is 4. The van der Waals surface area contributed by atoms with Crippen LogP contribution in [-0.4, -0.2) is 9.78 Å². The standard InChI is InChI=1S/C12H11BrClN3/c1-2-17-8-9(7-16-17)6-15-10-3-4-11(13)12(14)5-10/h2-5,7-8,15H,1,6H2. The molecule has 2 rings (SSSR count). The molecule has 0 saturated carbocycles. The van der Waals surface area contributed by atoms with E-state index < -0.39 is 0 Å². The number of nitrogens with zero attached hydrogens (tertiary/aromatic N) is 2. The molecule has 0 spiro atoms. The van der Waals surface area contributed by atoms with Gasteiger partial charge in [0.25, 0.3) is 0 Å². The molecule has 1 aromatic heterocycles. The zero-order valence-corrected chi connectivity index (χ0v) is 11.4. The molecular formula is C12H11BrClN3. The number of aromatic nitrogens is 2. The third-order valence-corrected chi connectivity index (χ3v) is 3.49. The molecule has 17 heavy (non-hydrogen) atoms. The zero-order chi connectivity index (χ0) is 12.3. The smallest absolute Gasteiger partial charge is 0.0568 e. The highest BCUT2D eigenvalue weighted by Gasteiger charge is 2.00. The van der Waals surface area contributed by atoms with Gasteiger partial charge in [0.15, 0.2) is 0 Å². The van der Waals surface area contributed by atoms with Crippen LogP contribution in [0.15, 0.2) is 41.6 Å². The van der Waals surface area contributed by atoms with E-state index in [1.807, 2.05) is 24.4 Å². The first-order chi connectivity index (χ1) is 8.19. The minimum Gasteiger partial charge on any atom is -0.381 e. The molecule has 1 N–H and O–H groups in total. The van der Waals surface area contributed by atoms with Gasteiger partial charge in [0.2, 0.25) is 0 Å². The minimum atomic E-state index is 0.691. The quantitative estimate of drug-likeness (QED) is 0.924. The molecule has 0 amide bonds. The molecule has 1 heterocycles. The largest absolute Gasteiger partial charge is 0.381 e. The summed E-state index contributed by atoms with van der Waals surface area (Å²) in [7, 11) is 0. The highest BCUT2D eigenvalue weighted by molar-refractivity contribution is 9.10. The molecule has 0 radical (unpaired) electrons. The van der Waals surface area contributed by atoms with Gasteiger partial charge < -0.3 is 5.32 Å². The van der Waals surface area contributed by atoms with Gasteiger partial charge in [-0.15, -0.1) is 0 Å². The van der Waals surface area contributed by atoms with Gasteiger partial charge in [-0.1, -0.05) is 18.2 Å². The molecule has 2 aromatic rings. The first-order valence-electron chi connectivity index (χ1n) is 5.03. The van der Waals surface area contributed by atoms with E-state index in [0.29, 0.717) is 11.6 Å². The maximum absolute atomic E-state index is 6.01. The fourth-order valence-corrected chi connectivity index (χ4v) is 1.81. The minimum absolute atomic E-state index is 0.691. The number of nitrogens with one attached hydrogen (secondary N) is 1. The van der Waals surface area contributed by atoms with Gasteiger partial charge in [-0.2, -0.15) is 5.10 Å². The Morgan fingerprint density at radius 1 is 1.53 bits per heavy atom. The highest BCUT2D eigenvalue weighted by Crippen LogP contribution is 2.25. The predicted molar refractivity (Wildman–Crippen MR) is 75.1 cm³/mol. The summed E-state index contributed by atoms with van der Waals surface area (Å²) >= 11 is 9.36. The van der Waals surface area contributed by atoms with E-state index in [0.717, 1.165) is 15.7 Å². The maximum Gasteiger partial charge on any atom is 0.0568 e. The monoisotopic (exact) mass is 311 g/mol. The number of hydrogen-bond donors (Lipinski definition) is 1. The number of hydrogen-bond acceptors (Lipinski definition) is 2. The number of benzene rings is 1. The topological polar surface area (TPSA) is 29.9 Å². The van der Waals surface area contributed by atoms with Gasteiger partial charge in [0.05, 0.1) is 11.2 Å². The van der Waals surface area contributed by atoms with Crippen molar-refractivity contribution in [2.45, 2.75) is 6.54 Å². The summed E-state index contributed by atoms with van der Waals surface area (Å²) in [4.78, 5) is 0. The van der Waals surface area contributed by atoms with Crippen LogP contribution >= 0.6 is 27.5 Å². The normalized spacial score (nSPS) is 10.2. The average molecular weight is 313 g/mol. The van der Waals surface area contributed by atoms with Crippen LogP contribution in [0.1, 0.15) is 5.56 Å². The van der Waals surface area contributed by atoms with Crippen LogP contribution in [0.3, 0.4) is 0 Å². The first kappa shape index (κ1) is 12.2. The van der Waals surface area contributed by atoms with Crippen LogP contribution in [-0.2, 0) is 6.54 Å². The Hall–Kier alpha value is -1.26. The van der Waals surface area contributed by atoms with Crippen molar-refractivity contribution < 1.29 is 0 Å². The second-order valence-corrected chi connectivity index (χ2v) is 4.76. The predicted octanol–water partition coefficient (Wildman–Crippen LogP) is 4.01. The van der Waals surface area contributed by atoms with E-state index in [1.165, 1.54) is 0 Å². The molecule has 0 unspecified atom stereocenters. The maximum atomic E-state index is 6.01. The molecule has 0 aliphatic heterocycles. The second kappa shape index (κ2) is 5.38. The summed E-state index contributed by atoms with van der Waals surface area (Å²) in [5.41, 5.74) is 2.06. The molecule has 0 bridgehead atoms. The van der Waals surface area contributed by atoms with Gasteiger partial charge in [0.1, 0.15) is 0 Å². The fourth-order valence-electron chi connectivity index (χ4n) is 1.38. The fraction of sp³-hybridized carbons (Fsp3) is 0.0833. The number of anilines is 1. The summed E-state index contributed by atoms with van der Waals surface area (Å²) in [6.45, 7) is 4.34. The molecule has 3 nitrogen and oxygen atoms in total. The second-order valence-electron chi connectivity index (χ2n) is 3.49. The van der Waals surface area contributed by atoms with Gasteiger partial charge in [-0.05, 0) is 34.1 Å². The first-order valence-corrected chi connectivity index (χ1v) is 6.20. The van der Waals surface area contributed by atoms with E-state index in [2.05, 4.69) is 32.9 Å². The van der Waals surface area contributed by atoms with Crippen molar-refractivity contribution in [1.82, 2.24) is 9.78 Å². The molecule has 0 aliphatic carbocycles. The zero-order valence-electron chi connectivity index (χ0n) is 9.03. The lowest BCUT2D eigenvalue weighted by Gasteiger charge is -2.05. The van der Waals surface area contributed by atoms with Crippen LogP contribution in [0.4, 0.5) is 5.69 Å². The van der Waals surface area contributed by atoms with Crippen molar-refractivity contribution in [3.63, 3.8) is 0 Å². The van der Waals surface area contributed by atoms with Crippen LogP contribution in [0.2, 0.25) is 5.02 Å². The van der Waals surface area contributed by atoms with Gasteiger partial charge in [0, 0.05) is 34.7 Å². The van der Waals surface area contributed by atoms with E-state index in [4.69, 9.17) is 11.6 Å². The average Bonchev–Trinajstić information content (AvgIpc) is 2.79. The SMILES string of the molecule is C=Cn1cc(CNc2ccc(Br)c(Cl)c2)cn1. The lowest BCUT2D eigenvalue weighted by atomic mass is 10.3. The van der Waals surface area contributed by atoms with Gasteiger partial charge >= 0.3 is 0 Å². The van der Waals surface area contributed by atoms with Crippen molar-refractivity contribution in [3.05, 3.63) is 52.2 Å². The van der Waals surface area contributed by atoms with Crippen molar-refractivity contribution in [2.75, 3.05) is 5.32 Å². The van der Waals surface area contributed by atoms with E-state index >= 15 is 0 Å². The summed E-state index contributed by atoms with van der Waals surface area (Å²) in [6, 6.07) is 5.76. The number of halogens is 2. The Labute approximate surface area is 113 Å². The molecule has 0 saturated heterocycles. The summed E-state index contributed by atoms with van der Waals surface area (Å²) < 4.78 is 2.56. The Bertz CT molecular complexity index is 536. The van der Waals surface area contributed by atoms with Crippen molar-refractivity contribution in [3.8, 4) is 0 Å². The van der Waals surface area contributed by atoms with E-state index in [9.17, 15) is 0 Å². The molecular weight excluding hydrogens is 302 g/mol. The van der Waals surface area contributed by atoms with Gasteiger partial charge in [-0.3, -0.25) is 0 Å². The Morgan fingerprint density at radius 3 is 3.00 bits per heavy atom. The Balaban J connectivity index is 2.01. The van der Waals surface area contributed by atoms with Crippen LogP contribution in [0.25, 0.3) is 6.20 Å². The molecule has 0 atom stereocenters. The third kappa shape index (κ3) is 3.11. The molecule has 0 fully saturated rings. The summed E-state index contributed by atoms with van der Waals surface area (Å²) in [5, 5.41) is 8.07. The van der Waals surface area contributed by atoms with E-state index in [-0.39, 0.29) is 0 Å². The summed E-state index contributed by atoms with van der Waals surface area (Å²) in [5.74, 6) is 0. The van der Waals surface area contributed by atoms with Crippen molar-refractivity contribution >= 4 is 39.4 Å². The Morgan fingerprint density at radius 2 is 2.35 bits per heavy atom. The summed E-state index contributed by atoms with van der Waals surface area (Å²) in [6.07, 6.45) is 5.37. The highest BCUT2D eigenvalue weighted by atomic mass is 79.9. The van der Waals surface area contributed by atoms with Crippen molar-refractivity contribution in [1.29, 1.82) is 0 Å². The molecule has 88 valence electrons. The Kier molecular flexibility index (Phi) is 3.86. The van der Waals surface area contributed by atoms with Crippen LogP contribution < -0.4 is 5.32 Å².